The molecule has 0 saturated carbocycles. The molecule has 6 aliphatic heterocycles. The van der Waals surface area contributed by atoms with E-state index in [1.165, 1.54) is 42.7 Å². The molecule has 7 heterocycles. The van der Waals surface area contributed by atoms with Gasteiger partial charge in [0.15, 0.2) is 0 Å². The fourth-order valence-corrected chi connectivity index (χ4v) is 21.4. The molecule has 0 bridgehead atoms. The molecule has 5 nitrogen and oxygen atoms in total. The normalized spacial score (nSPS) is 13.4. The molecule has 0 aliphatic carbocycles. The summed E-state index contributed by atoms with van der Waals surface area (Å²) in [6, 6.07) is 138. The second-order valence-corrected chi connectivity index (χ2v) is 33.4. The van der Waals surface area contributed by atoms with Gasteiger partial charge in [-0.25, -0.2) is 0 Å². The Labute approximate surface area is 674 Å². The lowest BCUT2D eigenvalue weighted by Crippen LogP contribution is -2.67. The Morgan fingerprint density at radius 1 is 0.287 bits per heavy atom. The van der Waals surface area contributed by atoms with Crippen LogP contribution >= 0.6 is 11.8 Å². The molecule has 0 fully saturated rings. The number of anilines is 6. The number of benzene rings is 17. The molecule has 17 aromatic carbocycles. The number of para-hydroxylation sites is 3. The zero-order valence-electron chi connectivity index (χ0n) is 63.5. The molecule has 6 aliphatic rings. The Bertz CT molecular complexity index is 6950. The summed E-state index contributed by atoms with van der Waals surface area (Å²) < 4.78 is 18.5. The SMILES string of the molecule is CC(C)(C)c1cc2c3c(c1)N(c1c(-c4ccccc4)cccc1-c1ccccc1)c1cc4c5c(c1B3c1ccc(-c3ccccc3)cc1N2c1c(-c2ccccc2)cccc1-c1ccccc1)Sc1ccccc1B5c1c2c3c(c5c6ccccc6n-4c15)Oc1ccc(-c4ccccc4)cc1B3c1cc(-c3ccccc3)ccc1O2. The molecule has 18 aromatic rings. The first-order valence-electron chi connectivity index (χ1n) is 40.0. The molecule has 115 heavy (non-hydrogen) atoms. The second kappa shape index (κ2) is 25.4. The third-order valence-corrected chi connectivity index (χ3v) is 26.3. The van der Waals surface area contributed by atoms with Crippen LogP contribution in [0.1, 0.15) is 26.3 Å². The maximum atomic E-state index is 8.05. The van der Waals surface area contributed by atoms with E-state index < -0.39 is 0 Å². The number of fused-ring (bicyclic) bond motifs is 18. The fourth-order valence-electron chi connectivity index (χ4n) is 20.0. The van der Waals surface area contributed by atoms with Crippen molar-refractivity contribution in [1.29, 1.82) is 0 Å². The smallest absolute Gasteiger partial charge is 0.260 e. The molecule has 9 heteroatoms. The van der Waals surface area contributed by atoms with Crippen LogP contribution in [0.15, 0.2) is 380 Å². The minimum atomic E-state index is -0.348. The fraction of sp³-hybridized carbons (Fsp3) is 0.0377. The lowest BCUT2D eigenvalue weighted by molar-refractivity contribution is 0.471. The second-order valence-electron chi connectivity index (χ2n) is 32.4. The van der Waals surface area contributed by atoms with E-state index >= 15 is 0 Å². The summed E-state index contributed by atoms with van der Waals surface area (Å²) in [4.78, 5) is 7.93. The average molecular weight is 1480 g/mol. The van der Waals surface area contributed by atoms with Crippen molar-refractivity contribution in [2.24, 2.45) is 0 Å². The molecule has 0 unspecified atom stereocenters. The molecule has 0 amide bonds. The van der Waals surface area contributed by atoms with Crippen molar-refractivity contribution < 1.29 is 9.47 Å². The van der Waals surface area contributed by atoms with E-state index in [1.807, 2.05) is 11.8 Å². The summed E-state index contributed by atoms with van der Waals surface area (Å²) in [5.41, 5.74) is 37.7. The standard InChI is InChI=1S/C106H70B3N3O2S/c1-106(2,3)75-62-87-95-88(63-75)112(101-78(70-41-21-9-22-42-70)48-30-49-79(101)71-43-23-10-24-44-71)90-64-89-97-105(96(90)108(95)81-56-53-74(67-35-15-6-16-36-67)61-86(81)111(87)100-76(68-37-17-7-18-38-68)46-29-47-77(100)69-39-19-8-20-40-69)115-93-52-28-26-50-82(93)109(97)98-102-94(80-45-25-27-51-85(80)110(89)102)103-99-104(98)114-92-58-55-73(66-33-13-5-14-34-66)60-84(92)107(99)83-59-72(54-57-91(83)113-103)65-31-11-4-12-32-65/h4-64H,1-3H3. The molecular weight excluding hydrogens is 1410 g/mol. The molecule has 0 radical (unpaired) electrons. The molecule has 0 saturated heterocycles. The lowest BCUT2D eigenvalue weighted by Gasteiger charge is -2.48. The van der Waals surface area contributed by atoms with Gasteiger partial charge >= 0.3 is 0 Å². The van der Waals surface area contributed by atoms with Crippen LogP contribution in [0.2, 0.25) is 0 Å². The molecule has 0 atom stereocenters. The van der Waals surface area contributed by atoms with Gasteiger partial charge in [-0.15, -0.1) is 0 Å². The van der Waals surface area contributed by atoms with Crippen molar-refractivity contribution in [2.75, 3.05) is 9.80 Å². The molecule has 0 N–H and O–H groups in total. The summed E-state index contributed by atoms with van der Waals surface area (Å²) >= 11 is 1.95. The quantitative estimate of drug-likeness (QED) is 0.134. The molecular formula is C106H70B3N3O2S. The van der Waals surface area contributed by atoms with Crippen LogP contribution in [-0.4, -0.2) is 24.7 Å². The Morgan fingerprint density at radius 3 is 1.22 bits per heavy atom. The van der Waals surface area contributed by atoms with Gasteiger partial charge < -0.3 is 23.8 Å². The lowest BCUT2D eigenvalue weighted by atomic mass is 9.29. The van der Waals surface area contributed by atoms with Crippen LogP contribution < -0.4 is 68.4 Å². The van der Waals surface area contributed by atoms with Crippen LogP contribution in [0, 0.1) is 0 Å². The predicted octanol–water partition coefficient (Wildman–Crippen LogP) is 21.9. The van der Waals surface area contributed by atoms with Crippen molar-refractivity contribution in [3.05, 3.63) is 376 Å². The molecule has 24 rings (SSSR count). The number of aromatic nitrogens is 1. The number of rotatable bonds is 9. The van der Waals surface area contributed by atoms with Crippen molar-refractivity contribution in [3.8, 4) is 107 Å². The van der Waals surface area contributed by atoms with Crippen LogP contribution in [-0.2, 0) is 5.41 Å². The summed E-state index contributed by atoms with van der Waals surface area (Å²) in [5.74, 6) is 3.39. The monoisotopic (exact) mass is 1480 g/mol. The number of nitrogens with zero attached hydrogens (tertiary/aromatic N) is 3. The molecule has 0 spiro atoms. The van der Waals surface area contributed by atoms with Gasteiger partial charge in [0.05, 0.1) is 22.4 Å². The maximum absolute atomic E-state index is 8.05. The Balaban J connectivity index is 0.870. The Hall–Kier alpha value is -13.7. The minimum Gasteiger partial charge on any atom is -0.459 e. The van der Waals surface area contributed by atoms with Gasteiger partial charge in [0.2, 0.25) is 0 Å². The highest BCUT2D eigenvalue weighted by molar-refractivity contribution is 8.00. The van der Waals surface area contributed by atoms with E-state index in [2.05, 4.69) is 405 Å². The van der Waals surface area contributed by atoms with E-state index in [0.29, 0.717) is 0 Å². The summed E-state index contributed by atoms with van der Waals surface area (Å²) in [6.45, 7) is 6.27. The van der Waals surface area contributed by atoms with Crippen molar-refractivity contribution in [3.63, 3.8) is 0 Å². The van der Waals surface area contributed by atoms with E-state index in [0.717, 1.165) is 184 Å². The first-order valence-corrected chi connectivity index (χ1v) is 40.9. The zero-order chi connectivity index (χ0) is 75.9. The largest absolute Gasteiger partial charge is 0.459 e. The summed E-state index contributed by atoms with van der Waals surface area (Å²) in [6.07, 6.45) is 0. The number of ether oxygens (including phenoxy) is 2. The highest BCUT2D eigenvalue weighted by Crippen LogP contribution is 2.57. The van der Waals surface area contributed by atoms with Crippen molar-refractivity contribution in [1.82, 2.24) is 4.57 Å². The van der Waals surface area contributed by atoms with E-state index in [1.54, 1.807) is 0 Å². The van der Waals surface area contributed by atoms with E-state index in [4.69, 9.17) is 9.47 Å². The first-order chi connectivity index (χ1) is 56.7. The van der Waals surface area contributed by atoms with Gasteiger partial charge in [-0.1, -0.05) is 360 Å². The van der Waals surface area contributed by atoms with Gasteiger partial charge in [0, 0.05) is 76.7 Å². The topological polar surface area (TPSA) is 29.9 Å². The third-order valence-electron chi connectivity index (χ3n) is 25.1. The predicted molar refractivity (Wildman–Crippen MR) is 484 cm³/mol. The van der Waals surface area contributed by atoms with Crippen molar-refractivity contribution >= 4 is 137 Å². The maximum Gasteiger partial charge on any atom is 0.260 e. The summed E-state index contributed by atoms with van der Waals surface area (Å²) in [5, 5.41) is 2.21. The van der Waals surface area contributed by atoms with E-state index in [9.17, 15) is 0 Å². The zero-order valence-corrected chi connectivity index (χ0v) is 64.3. The summed E-state index contributed by atoms with van der Waals surface area (Å²) in [7, 11) is 0. The van der Waals surface area contributed by atoms with Gasteiger partial charge in [0.25, 0.3) is 20.1 Å². The van der Waals surface area contributed by atoms with Gasteiger partial charge in [-0.3, -0.25) is 0 Å². The minimum absolute atomic E-state index is 0.271. The Kier molecular flexibility index (Phi) is 14.6. The van der Waals surface area contributed by atoms with Gasteiger partial charge in [0.1, 0.15) is 23.0 Å². The number of hydrogen-bond acceptors (Lipinski definition) is 5. The number of hydrogen-bond donors (Lipinski definition) is 0. The average Bonchev–Trinajstić information content (AvgIpc) is 1.64. The first kappa shape index (κ1) is 65.9. The van der Waals surface area contributed by atoms with Gasteiger partial charge in [-0.2, -0.15) is 0 Å². The highest BCUT2D eigenvalue weighted by atomic mass is 32.2. The molecule has 536 valence electrons. The van der Waals surface area contributed by atoms with E-state index in [-0.39, 0.29) is 25.6 Å². The van der Waals surface area contributed by atoms with Crippen LogP contribution in [0.25, 0.3) is 105 Å². The van der Waals surface area contributed by atoms with Crippen LogP contribution in [0.3, 0.4) is 0 Å². The van der Waals surface area contributed by atoms with Crippen LogP contribution in [0.5, 0.6) is 23.0 Å². The van der Waals surface area contributed by atoms with Crippen LogP contribution in [0.4, 0.5) is 34.1 Å². The van der Waals surface area contributed by atoms with Crippen molar-refractivity contribution in [2.45, 2.75) is 36.0 Å². The third kappa shape index (κ3) is 9.87. The highest BCUT2D eigenvalue weighted by Gasteiger charge is 2.54. The van der Waals surface area contributed by atoms with Gasteiger partial charge in [-0.05, 0) is 153 Å². The Morgan fingerprint density at radius 2 is 0.704 bits per heavy atom. The molecule has 1 aromatic heterocycles.